The molecular formula is C8H6F2N3O2S+. The molecule has 0 aliphatic carbocycles. The van der Waals surface area contributed by atoms with E-state index in [0.29, 0.717) is 22.3 Å². The van der Waals surface area contributed by atoms with Gasteiger partial charge in [-0.25, -0.2) is 9.32 Å². The molecule has 0 fully saturated rings. The van der Waals surface area contributed by atoms with E-state index in [4.69, 9.17) is 0 Å². The fourth-order valence-electron chi connectivity index (χ4n) is 1.09. The monoisotopic (exact) mass is 246 g/mol. The zero-order chi connectivity index (χ0) is 11.5. The summed E-state index contributed by atoms with van der Waals surface area (Å²) in [6.45, 7) is 0. The largest absolute Gasteiger partial charge is 0.493 e. The first kappa shape index (κ1) is 10.8. The summed E-state index contributed by atoms with van der Waals surface area (Å²) in [6.07, 6.45) is 0. The Kier molecular flexibility index (Phi) is 3.00. The van der Waals surface area contributed by atoms with Crippen LogP contribution in [0.15, 0.2) is 38.5 Å². The number of thioether (sulfide) groups is 1. The number of halogens is 2. The number of aromatic nitrogens is 3. The maximum Gasteiger partial charge on any atom is 0.493 e. The van der Waals surface area contributed by atoms with E-state index in [0.717, 1.165) is 4.80 Å². The second-order valence-electron chi connectivity index (χ2n) is 2.76. The molecule has 0 spiro atoms. The standard InChI is InChI=1S/C8H5F2N3O2S/c9-7(10)16-6-3-1-5(2-4-6)13-11-8(14)15-12-13/h1-4,7H/p+1. The van der Waals surface area contributed by atoms with Crippen LogP contribution in [0.1, 0.15) is 0 Å². The van der Waals surface area contributed by atoms with Crippen LogP contribution in [0.25, 0.3) is 5.69 Å². The van der Waals surface area contributed by atoms with Gasteiger partial charge in [-0.2, -0.15) is 8.78 Å². The molecule has 2 rings (SSSR count). The molecule has 1 N–H and O–H groups in total. The van der Waals surface area contributed by atoms with Crippen molar-refractivity contribution in [1.82, 2.24) is 10.4 Å². The average molecular weight is 246 g/mol. The van der Waals surface area contributed by atoms with Gasteiger partial charge < -0.3 is 0 Å². The van der Waals surface area contributed by atoms with E-state index >= 15 is 0 Å². The van der Waals surface area contributed by atoms with Crippen LogP contribution in [0.3, 0.4) is 0 Å². The Morgan fingerprint density at radius 3 is 2.56 bits per heavy atom. The zero-order valence-electron chi connectivity index (χ0n) is 7.76. The Bertz CT molecular complexity index is 523. The molecule has 0 saturated carbocycles. The van der Waals surface area contributed by atoms with Gasteiger partial charge in [0.1, 0.15) is 0 Å². The van der Waals surface area contributed by atoms with E-state index in [1.807, 2.05) is 0 Å². The fraction of sp³-hybridized carbons (Fsp3) is 0.125. The lowest BCUT2D eigenvalue weighted by atomic mass is 10.3. The first-order valence-corrected chi connectivity index (χ1v) is 5.07. The van der Waals surface area contributed by atoms with E-state index in [9.17, 15) is 13.6 Å². The Labute approximate surface area is 92.0 Å². The van der Waals surface area contributed by atoms with E-state index in [1.165, 1.54) is 12.1 Å². The minimum atomic E-state index is -2.45. The van der Waals surface area contributed by atoms with Gasteiger partial charge in [-0.3, -0.25) is 0 Å². The molecule has 0 aliphatic rings. The Hall–Kier alpha value is -1.70. The predicted octanol–water partition coefficient (Wildman–Crippen LogP) is 0.954. The average Bonchev–Trinajstić information content (AvgIpc) is 2.65. The molecule has 0 atom stereocenters. The maximum atomic E-state index is 12.0. The maximum absolute atomic E-state index is 12.0. The van der Waals surface area contributed by atoms with Crippen LogP contribution in [-0.4, -0.2) is 16.1 Å². The normalized spacial score (nSPS) is 10.9. The second-order valence-corrected chi connectivity index (χ2v) is 3.82. The molecule has 0 aliphatic heterocycles. The quantitative estimate of drug-likeness (QED) is 0.647. The molecule has 0 saturated heterocycles. The van der Waals surface area contributed by atoms with Crippen LogP contribution >= 0.6 is 11.8 Å². The van der Waals surface area contributed by atoms with Crippen molar-refractivity contribution in [1.29, 1.82) is 0 Å². The Morgan fingerprint density at radius 2 is 2.06 bits per heavy atom. The third-order valence-electron chi connectivity index (χ3n) is 1.71. The number of hydrogen-bond acceptors (Lipinski definition) is 4. The SMILES string of the molecule is O=c1[nH][n+](-c2ccc(SC(F)F)cc2)no1. The fourth-order valence-corrected chi connectivity index (χ4v) is 1.58. The van der Waals surface area contributed by atoms with Crippen molar-refractivity contribution in [2.75, 3.05) is 0 Å². The third kappa shape index (κ3) is 2.45. The first-order chi connectivity index (χ1) is 7.65. The molecule has 84 valence electrons. The molecule has 8 heteroatoms. The van der Waals surface area contributed by atoms with Gasteiger partial charge in [0.25, 0.3) is 11.4 Å². The van der Waals surface area contributed by atoms with Crippen molar-refractivity contribution in [2.24, 2.45) is 0 Å². The van der Waals surface area contributed by atoms with Gasteiger partial charge in [-0.1, -0.05) is 16.9 Å². The van der Waals surface area contributed by atoms with Crippen molar-refractivity contribution in [3.05, 3.63) is 34.8 Å². The lowest BCUT2D eigenvalue weighted by Gasteiger charge is -1.97. The molecule has 0 unspecified atom stereocenters. The van der Waals surface area contributed by atoms with Crippen LogP contribution in [0.4, 0.5) is 8.78 Å². The molecule has 0 amide bonds. The number of H-pyrrole nitrogens is 1. The molecule has 0 bridgehead atoms. The Balaban J connectivity index is 2.22. The number of aromatic amines is 1. The van der Waals surface area contributed by atoms with E-state index < -0.39 is 11.5 Å². The highest BCUT2D eigenvalue weighted by Gasteiger charge is 2.13. The number of nitrogens with one attached hydrogen (secondary N) is 1. The van der Waals surface area contributed by atoms with Crippen molar-refractivity contribution in [3.63, 3.8) is 0 Å². The first-order valence-electron chi connectivity index (χ1n) is 4.19. The van der Waals surface area contributed by atoms with Gasteiger partial charge in [-0.15, -0.1) is 0 Å². The van der Waals surface area contributed by atoms with Gasteiger partial charge in [0.2, 0.25) is 5.27 Å². The van der Waals surface area contributed by atoms with Crippen molar-refractivity contribution in [3.8, 4) is 5.69 Å². The van der Waals surface area contributed by atoms with Crippen LogP contribution in [0, 0.1) is 0 Å². The molecule has 16 heavy (non-hydrogen) atoms. The summed E-state index contributed by atoms with van der Waals surface area (Å²) in [7, 11) is 0. The Morgan fingerprint density at radius 1 is 1.38 bits per heavy atom. The molecule has 1 aromatic heterocycles. The van der Waals surface area contributed by atoms with Gasteiger partial charge in [0.15, 0.2) is 0 Å². The van der Waals surface area contributed by atoms with Crippen LogP contribution < -0.4 is 10.6 Å². The second kappa shape index (κ2) is 4.44. The summed E-state index contributed by atoms with van der Waals surface area (Å²) in [5.74, 6) is -3.14. The lowest BCUT2D eigenvalue weighted by Crippen LogP contribution is -2.37. The zero-order valence-corrected chi connectivity index (χ0v) is 8.58. The van der Waals surface area contributed by atoms with E-state index in [-0.39, 0.29) is 0 Å². The summed E-state index contributed by atoms with van der Waals surface area (Å²) in [4.78, 5) is 12.2. The molecule has 1 heterocycles. The number of alkyl halides is 2. The van der Waals surface area contributed by atoms with Crippen molar-refractivity contribution in [2.45, 2.75) is 10.7 Å². The van der Waals surface area contributed by atoms with E-state index in [1.54, 1.807) is 12.1 Å². The predicted molar refractivity (Wildman–Crippen MR) is 50.5 cm³/mol. The number of hydrogen-bond donors (Lipinski definition) is 1. The number of rotatable bonds is 3. The number of nitrogens with zero attached hydrogens (tertiary/aromatic N) is 2. The molecule has 0 radical (unpaired) electrons. The third-order valence-corrected chi connectivity index (χ3v) is 2.43. The highest BCUT2D eigenvalue weighted by atomic mass is 32.2. The highest BCUT2D eigenvalue weighted by molar-refractivity contribution is 7.99. The summed E-state index contributed by atoms with van der Waals surface area (Å²) in [5, 5.41) is 5.68. The highest BCUT2D eigenvalue weighted by Crippen LogP contribution is 2.24. The summed E-state index contributed by atoms with van der Waals surface area (Å²) in [6, 6.07) is 6.10. The minimum absolute atomic E-state index is 0.435. The molecule has 2 aromatic rings. The van der Waals surface area contributed by atoms with Gasteiger partial charge in [0, 0.05) is 17.0 Å². The van der Waals surface area contributed by atoms with Crippen LogP contribution in [0.2, 0.25) is 0 Å². The van der Waals surface area contributed by atoms with Gasteiger partial charge in [0.05, 0.1) is 4.80 Å². The van der Waals surface area contributed by atoms with E-state index in [2.05, 4.69) is 14.9 Å². The van der Waals surface area contributed by atoms with Crippen molar-refractivity contribution < 1.29 is 18.1 Å². The minimum Gasteiger partial charge on any atom is -0.239 e. The molecular weight excluding hydrogens is 240 g/mol. The smallest absolute Gasteiger partial charge is 0.239 e. The summed E-state index contributed by atoms with van der Waals surface area (Å²) < 4.78 is 28.4. The topological polar surface area (TPSA) is 62.8 Å². The van der Waals surface area contributed by atoms with Crippen molar-refractivity contribution >= 4 is 11.8 Å². The molecule has 5 nitrogen and oxygen atoms in total. The summed E-state index contributed by atoms with van der Waals surface area (Å²) >= 11 is 0.449. The molecule has 1 aromatic carbocycles. The van der Waals surface area contributed by atoms with Crippen LogP contribution in [-0.2, 0) is 0 Å². The lowest BCUT2D eigenvalue weighted by molar-refractivity contribution is -0.725. The van der Waals surface area contributed by atoms with Gasteiger partial charge >= 0.3 is 5.76 Å². The summed E-state index contributed by atoms with van der Waals surface area (Å²) in [5.41, 5.74) is 0.518. The van der Waals surface area contributed by atoms with Gasteiger partial charge in [-0.05, 0) is 12.1 Å². The van der Waals surface area contributed by atoms with Crippen LogP contribution in [0.5, 0.6) is 0 Å². The number of benzene rings is 1.